The van der Waals surface area contributed by atoms with E-state index < -0.39 is 0 Å². The topological polar surface area (TPSA) is 35.0 Å². The van der Waals surface area contributed by atoms with Gasteiger partial charge in [-0.1, -0.05) is 6.07 Å². The molecule has 0 saturated carbocycles. The standard InChI is InChI=1S/C14H12N2OS/c1-9-3-5-12-11(7-9)16-14(18-12)10-4-6-13(17-2)15-8-10/h3-8H,1-2H3. The Morgan fingerprint density at radius 3 is 2.78 bits per heavy atom. The molecule has 0 amide bonds. The summed E-state index contributed by atoms with van der Waals surface area (Å²) in [4.78, 5) is 8.84. The molecule has 90 valence electrons. The fraction of sp³-hybridized carbons (Fsp3) is 0.143. The van der Waals surface area contributed by atoms with Crippen LogP contribution in [0.25, 0.3) is 20.8 Å². The summed E-state index contributed by atoms with van der Waals surface area (Å²) in [5.41, 5.74) is 3.30. The van der Waals surface area contributed by atoms with E-state index in [9.17, 15) is 0 Å². The number of ether oxygens (including phenoxy) is 1. The normalized spacial score (nSPS) is 10.8. The third-order valence-corrected chi connectivity index (χ3v) is 3.82. The average Bonchev–Trinajstić information content (AvgIpc) is 2.81. The Hall–Kier alpha value is -1.94. The van der Waals surface area contributed by atoms with Crippen molar-refractivity contribution in [1.29, 1.82) is 0 Å². The van der Waals surface area contributed by atoms with Gasteiger partial charge in [0.2, 0.25) is 5.88 Å². The third kappa shape index (κ3) is 1.95. The number of rotatable bonds is 2. The van der Waals surface area contributed by atoms with E-state index in [1.807, 2.05) is 12.1 Å². The van der Waals surface area contributed by atoms with E-state index in [2.05, 4.69) is 35.1 Å². The predicted molar refractivity (Wildman–Crippen MR) is 74.1 cm³/mol. The van der Waals surface area contributed by atoms with Gasteiger partial charge in [0.05, 0.1) is 17.3 Å². The van der Waals surface area contributed by atoms with Gasteiger partial charge in [-0.25, -0.2) is 9.97 Å². The minimum absolute atomic E-state index is 0.621. The second kappa shape index (κ2) is 4.38. The Bertz CT molecular complexity index is 689. The lowest BCUT2D eigenvalue weighted by Crippen LogP contribution is -1.86. The molecule has 1 aromatic carbocycles. The Balaban J connectivity index is 2.07. The van der Waals surface area contributed by atoms with Gasteiger partial charge in [-0.2, -0.15) is 0 Å². The van der Waals surface area contributed by atoms with Crippen LogP contribution in [0.3, 0.4) is 0 Å². The molecule has 0 atom stereocenters. The number of methoxy groups -OCH3 is 1. The van der Waals surface area contributed by atoms with Crippen molar-refractivity contribution in [3.8, 4) is 16.5 Å². The number of fused-ring (bicyclic) bond motifs is 1. The van der Waals surface area contributed by atoms with E-state index in [0.717, 1.165) is 16.1 Å². The molecule has 0 aliphatic heterocycles. The molecular weight excluding hydrogens is 244 g/mol. The second-order valence-corrected chi connectivity index (χ2v) is 5.11. The first-order valence-corrected chi connectivity index (χ1v) is 6.45. The molecule has 0 aliphatic carbocycles. The number of pyridine rings is 1. The highest BCUT2D eigenvalue weighted by atomic mass is 32.1. The second-order valence-electron chi connectivity index (χ2n) is 4.08. The summed E-state index contributed by atoms with van der Waals surface area (Å²) >= 11 is 1.68. The summed E-state index contributed by atoms with van der Waals surface area (Å²) in [6.07, 6.45) is 1.80. The highest BCUT2D eigenvalue weighted by Crippen LogP contribution is 2.30. The zero-order valence-corrected chi connectivity index (χ0v) is 11.0. The molecule has 18 heavy (non-hydrogen) atoms. The van der Waals surface area contributed by atoms with Crippen LogP contribution in [0.4, 0.5) is 0 Å². The van der Waals surface area contributed by atoms with Crippen LogP contribution in [0.1, 0.15) is 5.56 Å². The van der Waals surface area contributed by atoms with Crippen LogP contribution < -0.4 is 4.74 Å². The summed E-state index contributed by atoms with van der Waals surface area (Å²) in [5, 5.41) is 0.991. The zero-order chi connectivity index (χ0) is 12.5. The monoisotopic (exact) mass is 256 g/mol. The maximum Gasteiger partial charge on any atom is 0.212 e. The summed E-state index contributed by atoms with van der Waals surface area (Å²) in [5.74, 6) is 0.621. The molecule has 3 nitrogen and oxygen atoms in total. The molecule has 0 spiro atoms. The fourth-order valence-electron chi connectivity index (χ4n) is 1.79. The van der Waals surface area contributed by atoms with Crippen molar-refractivity contribution in [2.24, 2.45) is 0 Å². The minimum atomic E-state index is 0.621. The van der Waals surface area contributed by atoms with Crippen molar-refractivity contribution in [2.45, 2.75) is 6.92 Å². The highest BCUT2D eigenvalue weighted by molar-refractivity contribution is 7.21. The number of thiazole rings is 1. The van der Waals surface area contributed by atoms with Crippen LogP contribution in [0.5, 0.6) is 5.88 Å². The molecule has 3 aromatic rings. The largest absolute Gasteiger partial charge is 0.481 e. The molecule has 2 heterocycles. The Kier molecular flexibility index (Phi) is 2.72. The van der Waals surface area contributed by atoms with Crippen LogP contribution >= 0.6 is 11.3 Å². The quantitative estimate of drug-likeness (QED) is 0.701. The highest BCUT2D eigenvalue weighted by Gasteiger charge is 2.06. The summed E-state index contributed by atoms with van der Waals surface area (Å²) in [7, 11) is 1.61. The van der Waals surface area contributed by atoms with Crippen LogP contribution in [0, 0.1) is 6.92 Å². The van der Waals surface area contributed by atoms with Gasteiger partial charge in [-0.3, -0.25) is 0 Å². The number of benzene rings is 1. The third-order valence-electron chi connectivity index (χ3n) is 2.74. The maximum atomic E-state index is 5.05. The molecule has 0 fully saturated rings. The van der Waals surface area contributed by atoms with E-state index in [4.69, 9.17) is 4.74 Å². The number of aromatic nitrogens is 2. The number of hydrogen-bond donors (Lipinski definition) is 0. The van der Waals surface area contributed by atoms with E-state index in [1.54, 1.807) is 24.6 Å². The number of nitrogens with zero attached hydrogens (tertiary/aromatic N) is 2. The molecule has 4 heteroatoms. The zero-order valence-electron chi connectivity index (χ0n) is 10.2. The predicted octanol–water partition coefficient (Wildman–Crippen LogP) is 3.68. The van der Waals surface area contributed by atoms with Crippen molar-refractivity contribution in [3.63, 3.8) is 0 Å². The lowest BCUT2D eigenvalue weighted by Gasteiger charge is -1.98. The average molecular weight is 256 g/mol. The van der Waals surface area contributed by atoms with Crippen molar-refractivity contribution in [3.05, 3.63) is 42.1 Å². The Morgan fingerprint density at radius 2 is 2.06 bits per heavy atom. The van der Waals surface area contributed by atoms with Gasteiger partial charge in [0.15, 0.2) is 0 Å². The molecule has 0 bridgehead atoms. The number of hydrogen-bond acceptors (Lipinski definition) is 4. The van der Waals surface area contributed by atoms with E-state index >= 15 is 0 Å². The van der Waals surface area contributed by atoms with Gasteiger partial charge in [-0.15, -0.1) is 11.3 Å². The van der Waals surface area contributed by atoms with Gasteiger partial charge < -0.3 is 4.74 Å². The Labute approximate surface area is 109 Å². The first-order chi connectivity index (χ1) is 8.76. The maximum absolute atomic E-state index is 5.05. The Morgan fingerprint density at radius 1 is 1.17 bits per heavy atom. The van der Waals surface area contributed by atoms with Crippen molar-refractivity contribution in [1.82, 2.24) is 9.97 Å². The van der Waals surface area contributed by atoms with Crippen molar-refractivity contribution >= 4 is 21.6 Å². The smallest absolute Gasteiger partial charge is 0.212 e. The molecule has 2 aromatic heterocycles. The summed E-state index contributed by atoms with van der Waals surface area (Å²) < 4.78 is 6.25. The minimum Gasteiger partial charge on any atom is -0.481 e. The molecule has 0 N–H and O–H groups in total. The molecule has 0 aliphatic rings. The van der Waals surface area contributed by atoms with E-state index in [0.29, 0.717) is 5.88 Å². The van der Waals surface area contributed by atoms with Gasteiger partial charge in [0.25, 0.3) is 0 Å². The molecule has 0 radical (unpaired) electrons. The fourth-order valence-corrected chi connectivity index (χ4v) is 2.72. The van der Waals surface area contributed by atoms with Crippen LogP contribution in [-0.2, 0) is 0 Å². The lowest BCUT2D eigenvalue weighted by atomic mass is 10.2. The summed E-state index contributed by atoms with van der Waals surface area (Å²) in [6, 6.07) is 10.2. The van der Waals surface area contributed by atoms with Gasteiger partial charge >= 0.3 is 0 Å². The van der Waals surface area contributed by atoms with Gasteiger partial charge in [-0.05, 0) is 30.7 Å². The van der Waals surface area contributed by atoms with Gasteiger partial charge in [0.1, 0.15) is 5.01 Å². The van der Waals surface area contributed by atoms with Crippen LogP contribution in [0.15, 0.2) is 36.5 Å². The van der Waals surface area contributed by atoms with Crippen molar-refractivity contribution < 1.29 is 4.74 Å². The van der Waals surface area contributed by atoms with E-state index in [-0.39, 0.29) is 0 Å². The first-order valence-electron chi connectivity index (χ1n) is 5.64. The first kappa shape index (κ1) is 11.2. The molecule has 3 rings (SSSR count). The molecular formula is C14H12N2OS. The van der Waals surface area contributed by atoms with Crippen LogP contribution in [-0.4, -0.2) is 17.1 Å². The molecule has 0 unspecified atom stereocenters. The SMILES string of the molecule is COc1ccc(-c2nc3cc(C)ccc3s2)cn1. The molecule has 0 saturated heterocycles. The van der Waals surface area contributed by atoms with Crippen molar-refractivity contribution in [2.75, 3.05) is 7.11 Å². The van der Waals surface area contributed by atoms with Gasteiger partial charge in [0, 0.05) is 17.8 Å². The summed E-state index contributed by atoms with van der Waals surface area (Å²) in [6.45, 7) is 2.08. The van der Waals surface area contributed by atoms with Crippen LogP contribution in [0.2, 0.25) is 0 Å². The number of aryl methyl sites for hydroxylation is 1. The lowest BCUT2D eigenvalue weighted by molar-refractivity contribution is 0.398. The van der Waals surface area contributed by atoms with E-state index in [1.165, 1.54) is 10.3 Å².